The van der Waals surface area contributed by atoms with E-state index >= 15 is 0 Å². The summed E-state index contributed by atoms with van der Waals surface area (Å²) in [6, 6.07) is 17.1. The maximum absolute atomic E-state index is 9.71. The first-order valence-corrected chi connectivity index (χ1v) is 10.4. The summed E-state index contributed by atoms with van der Waals surface area (Å²) in [6.07, 6.45) is 10.4. The van der Waals surface area contributed by atoms with Gasteiger partial charge in [-0.15, -0.1) is 12.3 Å². The fourth-order valence-corrected chi connectivity index (χ4v) is 4.23. The van der Waals surface area contributed by atoms with Gasteiger partial charge in [-0.05, 0) is 48.7 Å². The van der Waals surface area contributed by atoms with E-state index in [1.807, 2.05) is 12.1 Å². The first kappa shape index (κ1) is 19.6. The third-order valence-electron chi connectivity index (χ3n) is 5.73. The number of aliphatic hydroxyl groups is 1. The van der Waals surface area contributed by atoms with Gasteiger partial charge < -0.3 is 14.4 Å². The number of aliphatic hydroxyl groups excluding tert-OH is 1. The Labute approximate surface area is 172 Å². The molecule has 1 aromatic heterocycles. The van der Waals surface area contributed by atoms with Crippen LogP contribution in [0.25, 0.3) is 10.9 Å². The molecule has 1 aliphatic rings. The Bertz CT molecular complexity index is 987. The number of terminal acetylenes is 1. The van der Waals surface area contributed by atoms with Crippen LogP contribution in [0.4, 0.5) is 0 Å². The molecule has 4 rings (SSSR count). The number of fused-ring (bicyclic) bond motifs is 1. The van der Waals surface area contributed by atoms with Gasteiger partial charge in [0.1, 0.15) is 5.75 Å². The fraction of sp³-hybridized carbons (Fsp3) is 0.360. The van der Waals surface area contributed by atoms with Gasteiger partial charge in [-0.3, -0.25) is 4.90 Å². The second kappa shape index (κ2) is 9.17. The minimum atomic E-state index is 0.225. The quantitative estimate of drug-likeness (QED) is 0.467. The first-order valence-electron chi connectivity index (χ1n) is 10.4. The molecule has 1 aliphatic heterocycles. The predicted molar refractivity (Wildman–Crippen MR) is 117 cm³/mol. The van der Waals surface area contributed by atoms with Crippen molar-refractivity contribution >= 4 is 10.9 Å². The highest BCUT2D eigenvalue weighted by molar-refractivity contribution is 5.85. The zero-order valence-electron chi connectivity index (χ0n) is 16.8. The number of hydrogen-bond acceptors (Lipinski definition) is 3. The summed E-state index contributed by atoms with van der Waals surface area (Å²) < 4.78 is 8.16. The molecule has 0 radical (unpaired) electrons. The van der Waals surface area contributed by atoms with Crippen molar-refractivity contribution in [2.24, 2.45) is 0 Å². The zero-order valence-corrected chi connectivity index (χ0v) is 16.8. The van der Waals surface area contributed by atoms with Gasteiger partial charge in [0.25, 0.3) is 0 Å². The van der Waals surface area contributed by atoms with Crippen LogP contribution in [0, 0.1) is 12.3 Å². The Morgan fingerprint density at radius 1 is 1.14 bits per heavy atom. The smallest absolute Gasteiger partial charge is 0.120 e. The summed E-state index contributed by atoms with van der Waals surface area (Å²) in [5, 5.41) is 10.9. The van der Waals surface area contributed by atoms with Crippen LogP contribution in [0.2, 0.25) is 0 Å². The molecule has 2 aromatic carbocycles. The summed E-state index contributed by atoms with van der Waals surface area (Å²) in [5.74, 6) is 3.47. The van der Waals surface area contributed by atoms with E-state index in [4.69, 9.17) is 11.2 Å². The molecule has 29 heavy (non-hydrogen) atoms. The molecule has 0 amide bonds. The molecule has 1 atom stereocenters. The lowest BCUT2D eigenvalue weighted by molar-refractivity contribution is 0.154. The van der Waals surface area contributed by atoms with Gasteiger partial charge in [0.05, 0.1) is 13.2 Å². The van der Waals surface area contributed by atoms with E-state index in [9.17, 15) is 5.11 Å². The third kappa shape index (κ3) is 4.48. The molecule has 0 spiro atoms. The van der Waals surface area contributed by atoms with E-state index in [1.165, 1.54) is 22.0 Å². The van der Waals surface area contributed by atoms with Gasteiger partial charge in [-0.2, -0.15) is 0 Å². The molecule has 1 saturated heterocycles. The molecular weight excluding hydrogens is 360 g/mol. The molecule has 0 saturated carbocycles. The van der Waals surface area contributed by atoms with Crippen LogP contribution in [0.15, 0.2) is 54.7 Å². The first-order chi connectivity index (χ1) is 14.3. The standard InChI is InChI=1S/C25H28N2O2/c1-2-3-14-29-23-11-12-25-24(15-23)21(17-26-13-7-10-22(26)19-28)18-27(25)16-20-8-5-4-6-9-20/h1,4-6,8-9,11-12,15,18,22,28H,3,7,10,13-14,16-17,19H2/t22-/m0/s1. The Kier molecular flexibility index (Phi) is 6.19. The van der Waals surface area contributed by atoms with E-state index in [0.717, 1.165) is 38.2 Å². The summed E-state index contributed by atoms with van der Waals surface area (Å²) >= 11 is 0. The number of benzene rings is 2. The molecule has 1 N–H and O–H groups in total. The van der Waals surface area contributed by atoms with Crippen LogP contribution in [-0.2, 0) is 13.1 Å². The van der Waals surface area contributed by atoms with Gasteiger partial charge in [-0.1, -0.05) is 30.3 Å². The number of likely N-dealkylation sites (tertiary alicyclic amines) is 1. The van der Waals surface area contributed by atoms with E-state index in [-0.39, 0.29) is 12.6 Å². The Hall–Kier alpha value is -2.74. The zero-order chi connectivity index (χ0) is 20.1. The lowest BCUT2D eigenvalue weighted by Crippen LogP contribution is -2.31. The fourth-order valence-electron chi connectivity index (χ4n) is 4.23. The SMILES string of the molecule is C#CCCOc1ccc2c(c1)c(CN1CCC[C@H]1CO)cn2Cc1ccccc1. The Morgan fingerprint density at radius 2 is 2.00 bits per heavy atom. The highest BCUT2D eigenvalue weighted by Gasteiger charge is 2.25. The molecule has 0 bridgehead atoms. The minimum absolute atomic E-state index is 0.225. The molecule has 1 fully saturated rings. The Balaban J connectivity index is 1.67. The van der Waals surface area contributed by atoms with Gasteiger partial charge in [0.2, 0.25) is 0 Å². The lowest BCUT2D eigenvalue weighted by Gasteiger charge is -2.22. The maximum atomic E-state index is 9.71. The van der Waals surface area contributed by atoms with Crippen molar-refractivity contribution in [1.29, 1.82) is 0 Å². The second-order valence-corrected chi connectivity index (χ2v) is 7.70. The third-order valence-corrected chi connectivity index (χ3v) is 5.73. The molecule has 0 aliphatic carbocycles. The van der Waals surface area contributed by atoms with E-state index in [2.05, 4.69) is 58.0 Å². The summed E-state index contributed by atoms with van der Waals surface area (Å²) in [7, 11) is 0. The average molecular weight is 389 g/mol. The molecule has 4 heteroatoms. The molecule has 0 unspecified atom stereocenters. The van der Waals surface area contributed by atoms with Crippen LogP contribution in [0.5, 0.6) is 5.75 Å². The average Bonchev–Trinajstić information content (AvgIpc) is 3.34. The Morgan fingerprint density at radius 3 is 2.79 bits per heavy atom. The van der Waals surface area contributed by atoms with Crippen molar-refractivity contribution in [1.82, 2.24) is 9.47 Å². The minimum Gasteiger partial charge on any atom is -0.493 e. The van der Waals surface area contributed by atoms with Crippen LogP contribution in [-0.4, -0.2) is 40.4 Å². The van der Waals surface area contributed by atoms with E-state index in [1.54, 1.807) is 0 Å². The number of hydrogen-bond donors (Lipinski definition) is 1. The monoisotopic (exact) mass is 388 g/mol. The van der Waals surface area contributed by atoms with Crippen molar-refractivity contribution in [3.05, 3.63) is 65.9 Å². The molecule has 3 aromatic rings. The van der Waals surface area contributed by atoms with Crippen molar-refractivity contribution in [2.75, 3.05) is 19.8 Å². The van der Waals surface area contributed by atoms with Gasteiger partial charge in [-0.25, -0.2) is 0 Å². The van der Waals surface area contributed by atoms with Crippen molar-refractivity contribution < 1.29 is 9.84 Å². The van der Waals surface area contributed by atoms with Crippen LogP contribution in [0.3, 0.4) is 0 Å². The van der Waals surface area contributed by atoms with Gasteiger partial charge in [0, 0.05) is 42.7 Å². The predicted octanol–water partition coefficient (Wildman–Crippen LogP) is 4.05. The molecule has 2 heterocycles. The summed E-state index contributed by atoms with van der Waals surface area (Å²) in [5.41, 5.74) is 3.76. The summed E-state index contributed by atoms with van der Waals surface area (Å²) in [6.45, 7) is 3.47. The highest BCUT2D eigenvalue weighted by Crippen LogP contribution is 2.30. The lowest BCUT2D eigenvalue weighted by atomic mass is 10.1. The molecule has 4 nitrogen and oxygen atoms in total. The topological polar surface area (TPSA) is 37.6 Å². The van der Waals surface area contributed by atoms with Crippen molar-refractivity contribution in [3.8, 4) is 18.1 Å². The van der Waals surface area contributed by atoms with E-state index in [0.29, 0.717) is 13.0 Å². The van der Waals surface area contributed by atoms with Gasteiger partial charge in [0.15, 0.2) is 0 Å². The van der Waals surface area contributed by atoms with E-state index < -0.39 is 0 Å². The maximum Gasteiger partial charge on any atom is 0.120 e. The summed E-state index contributed by atoms with van der Waals surface area (Å²) in [4.78, 5) is 2.40. The van der Waals surface area contributed by atoms with Crippen LogP contribution < -0.4 is 4.74 Å². The van der Waals surface area contributed by atoms with Crippen LogP contribution >= 0.6 is 0 Å². The largest absolute Gasteiger partial charge is 0.493 e. The normalized spacial score (nSPS) is 16.9. The number of ether oxygens (including phenoxy) is 1. The number of aromatic nitrogens is 1. The molecule has 150 valence electrons. The van der Waals surface area contributed by atoms with Crippen molar-refractivity contribution in [2.45, 2.75) is 38.4 Å². The molecular formula is C25H28N2O2. The number of rotatable bonds is 8. The van der Waals surface area contributed by atoms with Crippen LogP contribution in [0.1, 0.15) is 30.4 Å². The van der Waals surface area contributed by atoms with Crippen molar-refractivity contribution in [3.63, 3.8) is 0 Å². The second-order valence-electron chi connectivity index (χ2n) is 7.70. The number of nitrogens with zero attached hydrogens (tertiary/aromatic N) is 2. The highest BCUT2D eigenvalue weighted by atomic mass is 16.5. The van der Waals surface area contributed by atoms with Gasteiger partial charge >= 0.3 is 0 Å².